The van der Waals surface area contributed by atoms with E-state index in [1.807, 2.05) is 36.6 Å². The summed E-state index contributed by atoms with van der Waals surface area (Å²) in [6.45, 7) is 6.32. The average molecular weight is 317 g/mol. The maximum atomic E-state index is 6.46. The minimum Gasteiger partial charge on any atom is -0.376 e. The maximum Gasteiger partial charge on any atom is 0.0752 e. The smallest absolute Gasteiger partial charge is 0.0752 e. The van der Waals surface area contributed by atoms with Crippen LogP contribution in [0.2, 0.25) is 5.02 Å². The summed E-state index contributed by atoms with van der Waals surface area (Å²) in [7, 11) is 0. The van der Waals surface area contributed by atoms with Crippen LogP contribution in [0, 0.1) is 13.8 Å². The molecule has 2 heterocycles. The van der Waals surface area contributed by atoms with Gasteiger partial charge in [-0.15, -0.1) is 11.3 Å². The van der Waals surface area contributed by atoms with Crippen LogP contribution in [-0.2, 0) is 0 Å². The van der Waals surface area contributed by atoms with Crippen LogP contribution in [0.1, 0.15) is 28.3 Å². The Hall–Kier alpha value is -1.58. The number of aromatic nitrogens is 1. The number of anilines is 1. The molecule has 2 nitrogen and oxygen atoms in total. The summed E-state index contributed by atoms with van der Waals surface area (Å²) in [5, 5.41) is 5.36. The van der Waals surface area contributed by atoms with Gasteiger partial charge in [-0.1, -0.05) is 11.6 Å². The van der Waals surface area contributed by atoms with E-state index in [4.69, 9.17) is 11.6 Å². The topological polar surface area (TPSA) is 24.9 Å². The zero-order chi connectivity index (χ0) is 15.0. The van der Waals surface area contributed by atoms with E-state index in [-0.39, 0.29) is 6.04 Å². The molecule has 1 unspecified atom stereocenters. The van der Waals surface area contributed by atoms with E-state index in [0.717, 1.165) is 27.2 Å². The van der Waals surface area contributed by atoms with Crippen LogP contribution in [0.15, 0.2) is 36.5 Å². The van der Waals surface area contributed by atoms with Gasteiger partial charge in [-0.2, -0.15) is 0 Å². The molecule has 0 amide bonds. The molecule has 21 heavy (non-hydrogen) atoms. The summed E-state index contributed by atoms with van der Waals surface area (Å²) in [5.74, 6) is 0. The molecule has 1 aromatic carbocycles. The number of aryl methyl sites for hydroxylation is 2. The summed E-state index contributed by atoms with van der Waals surface area (Å²) in [5.41, 5.74) is 3.06. The van der Waals surface area contributed by atoms with Gasteiger partial charge in [0.2, 0.25) is 0 Å². The third kappa shape index (κ3) is 2.76. The normalized spacial score (nSPS) is 12.6. The molecule has 0 saturated heterocycles. The van der Waals surface area contributed by atoms with Crippen molar-refractivity contribution in [1.82, 2.24) is 4.98 Å². The molecule has 108 valence electrons. The molecule has 2 aromatic heterocycles. The van der Waals surface area contributed by atoms with Gasteiger partial charge in [0.15, 0.2) is 0 Å². The lowest BCUT2D eigenvalue weighted by Crippen LogP contribution is -2.06. The van der Waals surface area contributed by atoms with E-state index in [1.165, 1.54) is 9.75 Å². The van der Waals surface area contributed by atoms with Crippen molar-refractivity contribution in [3.63, 3.8) is 0 Å². The van der Waals surface area contributed by atoms with Crippen LogP contribution >= 0.6 is 22.9 Å². The van der Waals surface area contributed by atoms with Crippen molar-refractivity contribution in [2.75, 3.05) is 5.32 Å². The minimum absolute atomic E-state index is 0.215. The van der Waals surface area contributed by atoms with Gasteiger partial charge in [-0.3, -0.25) is 4.98 Å². The Morgan fingerprint density at radius 1 is 1.24 bits per heavy atom. The molecule has 0 aliphatic rings. The number of benzene rings is 1. The number of rotatable bonds is 3. The highest BCUT2D eigenvalue weighted by atomic mass is 35.5. The Morgan fingerprint density at radius 2 is 2.05 bits per heavy atom. The highest BCUT2D eigenvalue weighted by Gasteiger charge is 2.14. The largest absolute Gasteiger partial charge is 0.376 e. The number of pyridine rings is 1. The third-order valence-electron chi connectivity index (χ3n) is 3.58. The zero-order valence-electron chi connectivity index (χ0n) is 12.3. The molecule has 0 aliphatic carbocycles. The van der Waals surface area contributed by atoms with E-state index in [0.29, 0.717) is 0 Å². The number of nitrogens with one attached hydrogen (secondary N) is 1. The SMILES string of the molecule is Cc1ccc(C(C)Nc2c(Cl)cc(C)c3ncccc23)s1. The molecular formula is C17H17ClN2S. The molecule has 0 bridgehead atoms. The first-order valence-electron chi connectivity index (χ1n) is 6.93. The van der Waals surface area contributed by atoms with Gasteiger partial charge in [0.1, 0.15) is 0 Å². The maximum absolute atomic E-state index is 6.46. The number of hydrogen-bond acceptors (Lipinski definition) is 3. The lowest BCUT2D eigenvalue weighted by molar-refractivity contribution is 0.910. The van der Waals surface area contributed by atoms with Crippen LogP contribution in [0.25, 0.3) is 10.9 Å². The monoisotopic (exact) mass is 316 g/mol. The van der Waals surface area contributed by atoms with Crippen molar-refractivity contribution < 1.29 is 0 Å². The van der Waals surface area contributed by atoms with E-state index >= 15 is 0 Å². The number of fused-ring (bicyclic) bond motifs is 1. The molecular weight excluding hydrogens is 300 g/mol. The van der Waals surface area contributed by atoms with Gasteiger partial charge in [-0.05, 0) is 56.7 Å². The summed E-state index contributed by atoms with van der Waals surface area (Å²) in [6.07, 6.45) is 1.82. The third-order valence-corrected chi connectivity index (χ3v) is 5.06. The Labute approximate surface area is 133 Å². The molecule has 3 rings (SSSR count). The fourth-order valence-electron chi connectivity index (χ4n) is 2.50. The fraction of sp³-hybridized carbons (Fsp3) is 0.235. The number of thiophene rings is 1. The van der Waals surface area contributed by atoms with Gasteiger partial charge < -0.3 is 5.32 Å². The van der Waals surface area contributed by atoms with Gasteiger partial charge in [0.05, 0.1) is 22.3 Å². The Kier molecular flexibility index (Phi) is 3.87. The van der Waals surface area contributed by atoms with Crippen molar-refractivity contribution in [1.29, 1.82) is 0 Å². The molecule has 3 aromatic rings. The second kappa shape index (κ2) is 5.66. The molecule has 1 N–H and O–H groups in total. The molecule has 0 radical (unpaired) electrons. The second-order valence-corrected chi connectivity index (χ2v) is 6.99. The highest BCUT2D eigenvalue weighted by molar-refractivity contribution is 7.12. The minimum atomic E-state index is 0.215. The first-order valence-corrected chi connectivity index (χ1v) is 8.12. The predicted octanol–water partition coefficient (Wildman–Crippen LogP) is 5.74. The zero-order valence-corrected chi connectivity index (χ0v) is 13.8. The van der Waals surface area contributed by atoms with Gasteiger partial charge in [-0.25, -0.2) is 0 Å². The van der Waals surface area contributed by atoms with Crippen LogP contribution in [0.5, 0.6) is 0 Å². The van der Waals surface area contributed by atoms with Gasteiger partial charge >= 0.3 is 0 Å². The predicted molar refractivity (Wildman–Crippen MR) is 92.6 cm³/mol. The Bertz CT molecular complexity index is 795. The van der Waals surface area contributed by atoms with E-state index in [9.17, 15) is 0 Å². The Balaban J connectivity index is 2.04. The fourth-order valence-corrected chi connectivity index (χ4v) is 3.70. The lowest BCUT2D eigenvalue weighted by atomic mass is 10.1. The van der Waals surface area contributed by atoms with Crippen LogP contribution in [-0.4, -0.2) is 4.98 Å². The van der Waals surface area contributed by atoms with E-state index in [2.05, 4.69) is 42.3 Å². The van der Waals surface area contributed by atoms with Crippen LogP contribution in [0.3, 0.4) is 0 Å². The first kappa shape index (κ1) is 14.4. The molecule has 0 fully saturated rings. The number of halogens is 1. The van der Waals surface area contributed by atoms with E-state index in [1.54, 1.807) is 0 Å². The van der Waals surface area contributed by atoms with Crippen molar-refractivity contribution in [3.8, 4) is 0 Å². The van der Waals surface area contributed by atoms with Crippen molar-refractivity contribution in [2.24, 2.45) is 0 Å². The molecule has 0 spiro atoms. The highest BCUT2D eigenvalue weighted by Crippen LogP contribution is 2.35. The summed E-state index contributed by atoms with van der Waals surface area (Å²) >= 11 is 8.27. The van der Waals surface area contributed by atoms with Crippen LogP contribution < -0.4 is 5.32 Å². The van der Waals surface area contributed by atoms with E-state index < -0.39 is 0 Å². The lowest BCUT2D eigenvalue weighted by Gasteiger charge is -2.18. The van der Waals surface area contributed by atoms with Crippen molar-refractivity contribution in [2.45, 2.75) is 26.8 Å². The summed E-state index contributed by atoms with van der Waals surface area (Å²) < 4.78 is 0. The summed E-state index contributed by atoms with van der Waals surface area (Å²) in [4.78, 5) is 7.10. The number of hydrogen-bond donors (Lipinski definition) is 1. The number of nitrogens with zero attached hydrogens (tertiary/aromatic N) is 1. The summed E-state index contributed by atoms with van der Waals surface area (Å²) in [6, 6.07) is 10.5. The standard InChI is InChI=1S/C17H17ClN2S/c1-10-9-14(18)17(13-5-4-8-19-16(10)13)20-12(3)15-7-6-11(2)21-15/h4-9,12,20H,1-3H3. The average Bonchev–Trinajstić information content (AvgIpc) is 2.90. The van der Waals surface area contributed by atoms with Crippen molar-refractivity contribution >= 4 is 39.5 Å². The quantitative estimate of drug-likeness (QED) is 0.666. The Morgan fingerprint density at radius 3 is 2.76 bits per heavy atom. The molecule has 4 heteroatoms. The van der Waals surface area contributed by atoms with Gasteiger partial charge in [0, 0.05) is 21.3 Å². The first-order chi connectivity index (χ1) is 10.1. The molecule has 0 saturated carbocycles. The van der Waals surface area contributed by atoms with Gasteiger partial charge in [0.25, 0.3) is 0 Å². The van der Waals surface area contributed by atoms with Crippen LogP contribution in [0.4, 0.5) is 5.69 Å². The second-order valence-electron chi connectivity index (χ2n) is 5.26. The molecule has 0 aliphatic heterocycles. The molecule has 1 atom stereocenters. The van der Waals surface area contributed by atoms with Crippen molar-refractivity contribution in [3.05, 3.63) is 56.9 Å².